The van der Waals surface area contributed by atoms with Crippen LogP contribution < -0.4 is 0 Å². The number of hydrogen-bond acceptors (Lipinski definition) is 3. The van der Waals surface area contributed by atoms with Crippen molar-refractivity contribution < 1.29 is 13.9 Å². The number of furan rings is 1. The van der Waals surface area contributed by atoms with Gasteiger partial charge in [0.1, 0.15) is 12.2 Å². The van der Waals surface area contributed by atoms with Gasteiger partial charge in [0.25, 0.3) is 0 Å². The molecule has 0 spiro atoms. The van der Waals surface area contributed by atoms with Crippen LogP contribution >= 0.6 is 0 Å². The van der Waals surface area contributed by atoms with Crippen LogP contribution in [-0.4, -0.2) is 12.6 Å². The zero-order chi connectivity index (χ0) is 8.10. The van der Waals surface area contributed by atoms with Gasteiger partial charge in [0.15, 0.2) is 0 Å². The third kappa shape index (κ3) is 2.45. The van der Waals surface area contributed by atoms with E-state index in [9.17, 15) is 4.79 Å². The summed E-state index contributed by atoms with van der Waals surface area (Å²) in [4.78, 5) is 10.8. The second-order valence-electron chi connectivity index (χ2n) is 1.91. The van der Waals surface area contributed by atoms with Gasteiger partial charge in [-0.2, -0.15) is 0 Å². The Balaban J connectivity index is 2.37. The van der Waals surface area contributed by atoms with Crippen molar-refractivity contribution in [2.75, 3.05) is 6.61 Å². The first-order chi connectivity index (χ1) is 5.33. The fraction of sp³-hybridized carbons (Fsp3) is 0.250. The SMILES string of the molecule is CCOC(=O)[CH]c1ccco1. The van der Waals surface area contributed by atoms with E-state index in [1.807, 2.05) is 0 Å². The average molecular weight is 153 g/mol. The summed E-state index contributed by atoms with van der Waals surface area (Å²) in [5.74, 6) is 0.144. The van der Waals surface area contributed by atoms with Crippen molar-refractivity contribution in [2.24, 2.45) is 0 Å². The molecular formula is C8H9O3. The van der Waals surface area contributed by atoms with Gasteiger partial charge in [-0.3, -0.25) is 4.79 Å². The Bertz CT molecular complexity index is 213. The van der Waals surface area contributed by atoms with E-state index in [1.165, 1.54) is 12.7 Å². The lowest BCUT2D eigenvalue weighted by Gasteiger charge is -1.96. The fourth-order valence-corrected chi connectivity index (χ4v) is 0.673. The first-order valence-electron chi connectivity index (χ1n) is 3.38. The van der Waals surface area contributed by atoms with Crippen molar-refractivity contribution in [2.45, 2.75) is 6.92 Å². The first-order valence-corrected chi connectivity index (χ1v) is 3.38. The highest BCUT2D eigenvalue weighted by atomic mass is 16.5. The molecule has 1 rings (SSSR count). The van der Waals surface area contributed by atoms with Crippen molar-refractivity contribution in [3.05, 3.63) is 30.6 Å². The van der Waals surface area contributed by atoms with Crippen molar-refractivity contribution in [1.29, 1.82) is 0 Å². The third-order valence-electron chi connectivity index (χ3n) is 1.09. The van der Waals surface area contributed by atoms with E-state index in [0.717, 1.165) is 0 Å². The number of esters is 1. The second kappa shape index (κ2) is 3.81. The van der Waals surface area contributed by atoms with E-state index in [4.69, 9.17) is 4.42 Å². The molecule has 3 heteroatoms. The molecule has 0 saturated carbocycles. The molecule has 1 heterocycles. The summed E-state index contributed by atoms with van der Waals surface area (Å²) in [5.41, 5.74) is 0. The van der Waals surface area contributed by atoms with Crippen molar-refractivity contribution >= 4 is 5.97 Å². The summed E-state index contributed by atoms with van der Waals surface area (Å²) in [6.45, 7) is 2.14. The highest BCUT2D eigenvalue weighted by molar-refractivity contribution is 5.82. The van der Waals surface area contributed by atoms with Crippen LogP contribution in [0, 0.1) is 6.42 Å². The zero-order valence-corrected chi connectivity index (χ0v) is 6.24. The highest BCUT2D eigenvalue weighted by Gasteiger charge is 2.05. The van der Waals surface area contributed by atoms with Crippen LogP contribution in [0.3, 0.4) is 0 Å². The average Bonchev–Trinajstić information content (AvgIpc) is 2.40. The van der Waals surface area contributed by atoms with Crippen LogP contribution in [0.1, 0.15) is 12.7 Å². The molecule has 59 valence electrons. The summed E-state index contributed by atoms with van der Waals surface area (Å²) < 4.78 is 9.55. The fourth-order valence-electron chi connectivity index (χ4n) is 0.673. The molecule has 0 aromatic carbocycles. The molecule has 0 aliphatic heterocycles. The first kappa shape index (κ1) is 7.85. The maximum absolute atomic E-state index is 10.8. The molecule has 1 radical (unpaired) electrons. The Kier molecular flexibility index (Phi) is 2.72. The summed E-state index contributed by atoms with van der Waals surface area (Å²) >= 11 is 0. The van der Waals surface area contributed by atoms with Gasteiger partial charge in [-0.25, -0.2) is 0 Å². The van der Waals surface area contributed by atoms with Crippen LogP contribution in [0.2, 0.25) is 0 Å². The maximum Gasteiger partial charge on any atom is 0.318 e. The number of hydrogen-bond donors (Lipinski definition) is 0. The molecule has 3 nitrogen and oxygen atoms in total. The molecule has 0 unspecified atom stereocenters. The van der Waals surface area contributed by atoms with Crippen molar-refractivity contribution in [3.63, 3.8) is 0 Å². The monoisotopic (exact) mass is 153 g/mol. The Morgan fingerprint density at radius 3 is 3.18 bits per heavy atom. The molecule has 11 heavy (non-hydrogen) atoms. The van der Waals surface area contributed by atoms with Gasteiger partial charge in [0, 0.05) is 0 Å². The quantitative estimate of drug-likeness (QED) is 0.616. The van der Waals surface area contributed by atoms with Gasteiger partial charge < -0.3 is 9.15 Å². The van der Waals surface area contributed by atoms with Gasteiger partial charge in [-0.1, -0.05) is 0 Å². The summed E-state index contributed by atoms with van der Waals surface area (Å²) in [5, 5.41) is 0. The van der Waals surface area contributed by atoms with Gasteiger partial charge in [0.05, 0.1) is 12.9 Å². The number of rotatable bonds is 3. The second-order valence-corrected chi connectivity index (χ2v) is 1.91. The summed E-state index contributed by atoms with van der Waals surface area (Å²) in [7, 11) is 0. The van der Waals surface area contributed by atoms with E-state index in [-0.39, 0.29) is 5.97 Å². The molecule has 0 aliphatic carbocycles. The lowest BCUT2D eigenvalue weighted by Crippen LogP contribution is -2.04. The molecule has 0 N–H and O–H groups in total. The van der Waals surface area contributed by atoms with E-state index in [1.54, 1.807) is 19.1 Å². The van der Waals surface area contributed by atoms with Gasteiger partial charge in [-0.05, 0) is 19.1 Å². The Labute approximate surface area is 65.0 Å². The number of ether oxygens (including phenoxy) is 1. The number of carbonyl (C=O) groups is 1. The van der Waals surface area contributed by atoms with Gasteiger partial charge >= 0.3 is 5.97 Å². The molecule has 0 fully saturated rings. The van der Waals surface area contributed by atoms with E-state index in [2.05, 4.69) is 4.74 Å². The van der Waals surface area contributed by atoms with Crippen LogP contribution in [0.25, 0.3) is 0 Å². The van der Waals surface area contributed by atoms with Crippen LogP contribution in [0.4, 0.5) is 0 Å². The predicted octanol–water partition coefficient (Wildman–Crippen LogP) is 1.40. The zero-order valence-electron chi connectivity index (χ0n) is 6.24. The van der Waals surface area contributed by atoms with E-state index < -0.39 is 0 Å². The normalized spacial score (nSPS) is 9.55. The van der Waals surface area contributed by atoms with E-state index >= 15 is 0 Å². The van der Waals surface area contributed by atoms with Gasteiger partial charge in [-0.15, -0.1) is 0 Å². The summed E-state index contributed by atoms with van der Waals surface area (Å²) in [6.07, 6.45) is 2.81. The minimum atomic E-state index is -0.373. The highest BCUT2D eigenvalue weighted by Crippen LogP contribution is 2.03. The molecule has 1 aromatic heterocycles. The molecule has 0 bridgehead atoms. The van der Waals surface area contributed by atoms with Crippen LogP contribution in [0.15, 0.2) is 22.8 Å². The van der Waals surface area contributed by atoms with Crippen molar-refractivity contribution in [1.82, 2.24) is 0 Å². The minimum Gasteiger partial charge on any atom is -0.468 e. The van der Waals surface area contributed by atoms with Crippen molar-refractivity contribution in [3.8, 4) is 0 Å². The smallest absolute Gasteiger partial charge is 0.318 e. The molecule has 0 saturated heterocycles. The lowest BCUT2D eigenvalue weighted by atomic mass is 10.3. The molecular weight excluding hydrogens is 144 g/mol. The van der Waals surface area contributed by atoms with Crippen LogP contribution in [0.5, 0.6) is 0 Å². The Morgan fingerprint density at radius 1 is 1.82 bits per heavy atom. The maximum atomic E-state index is 10.8. The third-order valence-corrected chi connectivity index (χ3v) is 1.09. The molecule has 0 atom stereocenters. The van der Waals surface area contributed by atoms with E-state index in [0.29, 0.717) is 12.4 Å². The lowest BCUT2D eigenvalue weighted by molar-refractivity contribution is -0.138. The summed E-state index contributed by atoms with van der Waals surface area (Å²) in [6, 6.07) is 3.40. The Hall–Kier alpha value is -1.25. The van der Waals surface area contributed by atoms with Crippen LogP contribution in [-0.2, 0) is 9.53 Å². The predicted molar refractivity (Wildman–Crippen MR) is 38.7 cm³/mol. The molecule has 1 aromatic rings. The molecule has 0 aliphatic rings. The number of carbonyl (C=O) groups excluding carboxylic acids is 1. The topological polar surface area (TPSA) is 39.4 Å². The standard InChI is InChI=1S/C8H9O3/c1-2-10-8(9)6-7-4-3-5-11-7/h3-6H,2H2,1H3. The molecule has 0 amide bonds. The van der Waals surface area contributed by atoms with Gasteiger partial charge in [0.2, 0.25) is 0 Å². The largest absolute Gasteiger partial charge is 0.468 e. The minimum absolute atomic E-state index is 0.373. The Morgan fingerprint density at radius 2 is 2.64 bits per heavy atom.